The van der Waals surface area contributed by atoms with E-state index in [-0.39, 0.29) is 0 Å². The number of carbonyl (C=O) groups excluding carboxylic acids is 2. The second-order valence-electron chi connectivity index (χ2n) is 3.70. The van der Waals surface area contributed by atoms with Crippen molar-refractivity contribution < 1.29 is 19.1 Å². The van der Waals surface area contributed by atoms with Gasteiger partial charge in [-0.05, 0) is 18.2 Å². The maximum Gasteiger partial charge on any atom is 0.384 e. The summed E-state index contributed by atoms with van der Waals surface area (Å²) in [7, 11) is 2.57. The van der Waals surface area contributed by atoms with Gasteiger partial charge >= 0.3 is 11.9 Å². The minimum atomic E-state index is -0.633. The van der Waals surface area contributed by atoms with E-state index in [9.17, 15) is 9.59 Å². The molecule has 0 radical (unpaired) electrons. The Morgan fingerprint density at radius 1 is 1.21 bits per heavy atom. The quantitative estimate of drug-likeness (QED) is 0.620. The summed E-state index contributed by atoms with van der Waals surface area (Å²) in [5.41, 5.74) is 1.67. The van der Waals surface area contributed by atoms with Crippen LogP contribution in [-0.2, 0) is 14.3 Å². The lowest BCUT2D eigenvalue weighted by molar-refractivity contribution is -0.133. The molecule has 5 nitrogen and oxygen atoms in total. The van der Waals surface area contributed by atoms with Crippen LogP contribution in [0, 0.1) is 11.8 Å². The summed E-state index contributed by atoms with van der Waals surface area (Å²) >= 11 is 0. The Hall–Kier alpha value is -2.74. The van der Waals surface area contributed by atoms with Gasteiger partial charge in [0.1, 0.15) is 0 Å². The van der Waals surface area contributed by atoms with Crippen LogP contribution in [0.5, 0.6) is 0 Å². The summed E-state index contributed by atoms with van der Waals surface area (Å²) < 4.78 is 9.15. The number of aromatic amines is 1. The Bertz CT molecular complexity index is 703. The van der Waals surface area contributed by atoms with Crippen LogP contribution in [0.3, 0.4) is 0 Å². The molecule has 2 aromatic rings. The lowest BCUT2D eigenvalue weighted by Gasteiger charge is -2.02. The Labute approximate surface area is 109 Å². The largest absolute Gasteiger partial charge is 0.465 e. The van der Waals surface area contributed by atoms with Crippen LogP contribution in [0.2, 0.25) is 0 Å². The molecule has 0 fully saturated rings. The maximum atomic E-state index is 11.7. The minimum absolute atomic E-state index is 0.399. The van der Waals surface area contributed by atoms with Gasteiger partial charge in [0.05, 0.1) is 19.8 Å². The highest BCUT2D eigenvalue weighted by atomic mass is 16.5. The third-order valence-electron chi connectivity index (χ3n) is 2.57. The Balaban J connectivity index is 2.54. The topological polar surface area (TPSA) is 68.4 Å². The second kappa shape index (κ2) is 5.27. The number of fused-ring (bicyclic) bond motifs is 1. The highest BCUT2D eigenvalue weighted by Gasteiger charge is 2.12. The lowest BCUT2D eigenvalue weighted by Crippen LogP contribution is -2.02. The molecular formula is C14H11NO4. The van der Waals surface area contributed by atoms with E-state index in [0.717, 1.165) is 10.9 Å². The first-order valence-electron chi connectivity index (χ1n) is 5.45. The number of rotatable bonds is 1. The lowest BCUT2D eigenvalue weighted by atomic mass is 10.1. The molecule has 0 spiro atoms. The molecule has 0 atom stereocenters. The Morgan fingerprint density at radius 2 is 2.00 bits per heavy atom. The highest BCUT2D eigenvalue weighted by Crippen LogP contribution is 2.20. The molecule has 0 aliphatic heterocycles. The van der Waals surface area contributed by atoms with E-state index in [2.05, 4.69) is 21.6 Å². The van der Waals surface area contributed by atoms with Crippen LogP contribution in [0.15, 0.2) is 24.4 Å². The first-order valence-corrected chi connectivity index (χ1v) is 5.45. The van der Waals surface area contributed by atoms with Crippen molar-refractivity contribution >= 4 is 22.8 Å². The standard InChI is InChI=1S/C14H11NO4/c1-18-13(16)4-3-9-7-11(14(17)19-2)10-5-6-15-12(10)8-9/h5-8,15H,1-2H3. The monoisotopic (exact) mass is 257 g/mol. The summed E-state index contributed by atoms with van der Waals surface area (Å²) in [6.07, 6.45) is 1.72. The molecule has 0 aliphatic rings. The molecule has 96 valence electrons. The van der Waals surface area contributed by atoms with Gasteiger partial charge in [-0.25, -0.2) is 9.59 Å². The van der Waals surface area contributed by atoms with Gasteiger partial charge in [0.2, 0.25) is 0 Å². The molecule has 1 aromatic carbocycles. The number of ether oxygens (including phenoxy) is 2. The average molecular weight is 257 g/mol. The van der Waals surface area contributed by atoms with Crippen molar-refractivity contribution in [2.24, 2.45) is 0 Å². The molecule has 2 rings (SSSR count). The minimum Gasteiger partial charge on any atom is -0.465 e. The van der Waals surface area contributed by atoms with E-state index in [1.807, 2.05) is 0 Å². The number of hydrogen-bond donors (Lipinski definition) is 1. The molecule has 1 heterocycles. The molecule has 5 heteroatoms. The highest BCUT2D eigenvalue weighted by molar-refractivity contribution is 6.04. The molecule has 19 heavy (non-hydrogen) atoms. The fourth-order valence-electron chi connectivity index (χ4n) is 1.69. The van der Waals surface area contributed by atoms with Gasteiger partial charge in [-0.15, -0.1) is 0 Å². The van der Waals surface area contributed by atoms with Gasteiger partial charge in [-0.1, -0.05) is 5.92 Å². The number of carbonyl (C=O) groups is 2. The zero-order chi connectivity index (χ0) is 13.8. The smallest absolute Gasteiger partial charge is 0.384 e. The average Bonchev–Trinajstić information content (AvgIpc) is 2.91. The number of benzene rings is 1. The fourth-order valence-corrected chi connectivity index (χ4v) is 1.69. The van der Waals surface area contributed by atoms with Gasteiger partial charge in [0, 0.05) is 28.6 Å². The third kappa shape index (κ3) is 2.58. The SMILES string of the molecule is COC(=O)C#Cc1cc(C(=O)OC)c2cc[nH]c2c1. The van der Waals surface area contributed by atoms with Crippen molar-refractivity contribution in [1.29, 1.82) is 0 Å². The number of esters is 2. The molecule has 1 aromatic heterocycles. The third-order valence-corrected chi connectivity index (χ3v) is 2.57. The van der Waals surface area contributed by atoms with Crippen molar-refractivity contribution in [1.82, 2.24) is 4.98 Å². The van der Waals surface area contributed by atoms with Gasteiger partial charge < -0.3 is 14.5 Å². The van der Waals surface area contributed by atoms with Crippen LogP contribution in [0.4, 0.5) is 0 Å². The number of hydrogen-bond acceptors (Lipinski definition) is 4. The number of aromatic nitrogens is 1. The van der Waals surface area contributed by atoms with Crippen molar-refractivity contribution in [2.75, 3.05) is 14.2 Å². The molecule has 0 saturated carbocycles. The first-order chi connectivity index (χ1) is 9.15. The van der Waals surface area contributed by atoms with Crippen molar-refractivity contribution in [2.45, 2.75) is 0 Å². The molecule has 1 N–H and O–H groups in total. The molecule has 0 saturated heterocycles. The van der Waals surface area contributed by atoms with Crippen molar-refractivity contribution in [3.8, 4) is 11.8 Å². The Kier molecular flexibility index (Phi) is 3.53. The predicted molar refractivity (Wildman–Crippen MR) is 68.5 cm³/mol. The summed E-state index contributed by atoms with van der Waals surface area (Å²) in [6, 6.07) is 5.11. The number of methoxy groups -OCH3 is 2. The number of H-pyrrole nitrogens is 1. The summed E-state index contributed by atoms with van der Waals surface area (Å²) in [6.45, 7) is 0. The maximum absolute atomic E-state index is 11.7. The van der Waals surface area contributed by atoms with E-state index in [4.69, 9.17) is 4.74 Å². The molecule has 0 aliphatic carbocycles. The second-order valence-corrected chi connectivity index (χ2v) is 3.70. The van der Waals surface area contributed by atoms with Gasteiger partial charge in [-0.3, -0.25) is 0 Å². The fraction of sp³-hybridized carbons (Fsp3) is 0.143. The van der Waals surface area contributed by atoms with E-state index < -0.39 is 11.9 Å². The van der Waals surface area contributed by atoms with Crippen LogP contribution >= 0.6 is 0 Å². The van der Waals surface area contributed by atoms with Crippen LogP contribution in [-0.4, -0.2) is 31.1 Å². The van der Waals surface area contributed by atoms with Gasteiger partial charge in [0.25, 0.3) is 0 Å². The van der Waals surface area contributed by atoms with E-state index >= 15 is 0 Å². The molecule has 0 bridgehead atoms. The van der Waals surface area contributed by atoms with Gasteiger partial charge in [-0.2, -0.15) is 0 Å². The van der Waals surface area contributed by atoms with E-state index in [1.165, 1.54) is 14.2 Å². The van der Waals surface area contributed by atoms with Crippen LogP contribution in [0.1, 0.15) is 15.9 Å². The normalized spacial score (nSPS) is 9.58. The molecular weight excluding hydrogens is 246 g/mol. The van der Waals surface area contributed by atoms with E-state index in [1.54, 1.807) is 24.4 Å². The molecule has 0 unspecified atom stereocenters. The zero-order valence-electron chi connectivity index (χ0n) is 10.4. The Morgan fingerprint density at radius 3 is 2.68 bits per heavy atom. The van der Waals surface area contributed by atoms with Crippen molar-refractivity contribution in [3.63, 3.8) is 0 Å². The van der Waals surface area contributed by atoms with Crippen LogP contribution in [0.25, 0.3) is 10.9 Å². The summed E-state index contributed by atoms with van der Waals surface area (Å²) in [5.74, 6) is 3.87. The van der Waals surface area contributed by atoms with Crippen LogP contribution < -0.4 is 0 Å². The summed E-state index contributed by atoms with van der Waals surface area (Å²) in [5, 5.41) is 0.746. The van der Waals surface area contributed by atoms with E-state index in [0.29, 0.717) is 11.1 Å². The zero-order valence-corrected chi connectivity index (χ0v) is 10.4. The molecule has 0 amide bonds. The number of nitrogens with one attached hydrogen (secondary N) is 1. The predicted octanol–water partition coefficient (Wildman–Crippen LogP) is 1.48. The van der Waals surface area contributed by atoms with Gasteiger partial charge in [0.15, 0.2) is 0 Å². The first kappa shape index (κ1) is 12.7. The van der Waals surface area contributed by atoms with Crippen molar-refractivity contribution in [3.05, 3.63) is 35.5 Å². The summed E-state index contributed by atoms with van der Waals surface area (Å²) in [4.78, 5) is 25.7.